The van der Waals surface area contributed by atoms with Crippen molar-refractivity contribution in [3.63, 3.8) is 0 Å². The number of carbonyl (C=O) groups is 2. The molecule has 1 N–H and O–H groups in total. The van der Waals surface area contributed by atoms with E-state index in [0.717, 1.165) is 0 Å². The lowest BCUT2D eigenvalue weighted by Gasteiger charge is -2.33. The number of nitrogens with zero attached hydrogens (tertiary/aromatic N) is 1. The Hall–Kier alpha value is -2.11. The molecular weight excluding hydrogens is 426 g/mol. The summed E-state index contributed by atoms with van der Waals surface area (Å²) in [7, 11) is 0. The molecule has 0 aromatic heterocycles. The summed E-state index contributed by atoms with van der Waals surface area (Å²) < 4.78 is 13.2. The van der Waals surface area contributed by atoms with Crippen LogP contribution in [-0.2, 0) is 22.6 Å². The molecule has 2 rings (SSSR count). The Balaban J connectivity index is 2.35. The van der Waals surface area contributed by atoms with Crippen LogP contribution in [0.15, 0.2) is 42.5 Å². The molecule has 30 heavy (non-hydrogen) atoms. The van der Waals surface area contributed by atoms with Crippen molar-refractivity contribution in [2.24, 2.45) is 0 Å². The number of amides is 2. The standard InChI is InChI=1S/C23H27Cl2FN2O2/c1-5-20(22(30)27-23(2,3)4)28(14-16-8-9-17(24)13-19(16)25)21(29)12-15-6-10-18(26)11-7-15/h6-11,13,20H,5,12,14H2,1-4H3,(H,27,30)/t20-/m1/s1. The molecule has 2 aromatic rings. The second-order valence-corrected chi connectivity index (χ2v) is 9.07. The van der Waals surface area contributed by atoms with E-state index >= 15 is 0 Å². The van der Waals surface area contributed by atoms with Gasteiger partial charge in [0.05, 0.1) is 6.42 Å². The lowest BCUT2D eigenvalue weighted by atomic mass is 10.0. The average Bonchev–Trinajstić information content (AvgIpc) is 2.63. The first-order chi connectivity index (χ1) is 14.0. The molecule has 2 aromatic carbocycles. The van der Waals surface area contributed by atoms with Crippen LogP contribution in [0.4, 0.5) is 4.39 Å². The summed E-state index contributed by atoms with van der Waals surface area (Å²) in [6.07, 6.45) is 0.479. The van der Waals surface area contributed by atoms with E-state index in [4.69, 9.17) is 23.2 Å². The maximum Gasteiger partial charge on any atom is 0.243 e. The predicted molar refractivity (Wildman–Crippen MR) is 119 cm³/mol. The molecule has 162 valence electrons. The number of halogens is 3. The maximum absolute atomic E-state index is 13.2. The second-order valence-electron chi connectivity index (χ2n) is 8.22. The normalized spacial score (nSPS) is 12.4. The predicted octanol–water partition coefficient (Wildman–Crippen LogP) is 5.40. The van der Waals surface area contributed by atoms with Crippen LogP contribution < -0.4 is 5.32 Å². The first-order valence-corrected chi connectivity index (χ1v) is 10.6. The molecule has 0 saturated carbocycles. The van der Waals surface area contributed by atoms with Gasteiger partial charge < -0.3 is 10.2 Å². The molecule has 0 fully saturated rings. The molecule has 0 spiro atoms. The summed E-state index contributed by atoms with van der Waals surface area (Å²) in [5, 5.41) is 3.87. The summed E-state index contributed by atoms with van der Waals surface area (Å²) in [5.41, 5.74) is 0.920. The van der Waals surface area contributed by atoms with Crippen molar-refractivity contribution >= 4 is 35.0 Å². The van der Waals surface area contributed by atoms with Gasteiger partial charge in [0, 0.05) is 22.1 Å². The van der Waals surface area contributed by atoms with E-state index in [1.807, 2.05) is 27.7 Å². The molecule has 0 aliphatic rings. The molecule has 0 aliphatic carbocycles. The average molecular weight is 453 g/mol. The topological polar surface area (TPSA) is 49.4 Å². The largest absolute Gasteiger partial charge is 0.350 e. The van der Waals surface area contributed by atoms with Gasteiger partial charge in [0.25, 0.3) is 0 Å². The van der Waals surface area contributed by atoms with Crippen LogP contribution in [0.5, 0.6) is 0 Å². The quantitative estimate of drug-likeness (QED) is 0.611. The number of rotatable bonds is 7. The van der Waals surface area contributed by atoms with Crippen LogP contribution in [0.25, 0.3) is 0 Å². The lowest BCUT2D eigenvalue weighted by Crippen LogP contribution is -2.53. The first-order valence-electron chi connectivity index (χ1n) is 9.80. The molecule has 2 amide bonds. The first kappa shape index (κ1) is 24.2. The van der Waals surface area contributed by atoms with Crippen molar-refractivity contribution in [3.8, 4) is 0 Å². The third kappa shape index (κ3) is 6.99. The number of benzene rings is 2. The van der Waals surface area contributed by atoms with Gasteiger partial charge in [0.1, 0.15) is 11.9 Å². The van der Waals surface area contributed by atoms with Crippen molar-refractivity contribution in [2.45, 2.75) is 58.7 Å². The zero-order chi connectivity index (χ0) is 22.5. The Labute approximate surface area is 187 Å². The van der Waals surface area contributed by atoms with Crippen LogP contribution in [-0.4, -0.2) is 28.3 Å². The van der Waals surface area contributed by atoms with E-state index in [-0.39, 0.29) is 30.6 Å². The molecule has 4 nitrogen and oxygen atoms in total. The van der Waals surface area contributed by atoms with E-state index in [0.29, 0.717) is 27.6 Å². The van der Waals surface area contributed by atoms with Crippen LogP contribution in [0.1, 0.15) is 45.2 Å². The number of carbonyl (C=O) groups excluding carboxylic acids is 2. The minimum absolute atomic E-state index is 0.0464. The second kappa shape index (κ2) is 10.3. The third-order valence-electron chi connectivity index (χ3n) is 4.51. The molecule has 7 heteroatoms. The van der Waals surface area contributed by atoms with Gasteiger partial charge in [0.15, 0.2) is 0 Å². The smallest absolute Gasteiger partial charge is 0.243 e. The van der Waals surface area contributed by atoms with E-state index in [1.54, 1.807) is 30.3 Å². The van der Waals surface area contributed by atoms with Crippen molar-refractivity contribution < 1.29 is 14.0 Å². The summed E-state index contributed by atoms with van der Waals surface area (Å²) in [5.74, 6) is -0.849. The molecule has 0 saturated heterocycles. The van der Waals surface area contributed by atoms with Gasteiger partial charge in [-0.05, 0) is 62.6 Å². The van der Waals surface area contributed by atoms with Crippen molar-refractivity contribution in [1.29, 1.82) is 0 Å². The highest BCUT2D eigenvalue weighted by atomic mass is 35.5. The molecule has 0 aliphatic heterocycles. The van der Waals surface area contributed by atoms with E-state index in [2.05, 4.69) is 5.32 Å². The van der Waals surface area contributed by atoms with Crippen molar-refractivity contribution in [2.75, 3.05) is 0 Å². The van der Waals surface area contributed by atoms with Crippen molar-refractivity contribution in [1.82, 2.24) is 10.2 Å². The zero-order valence-corrected chi connectivity index (χ0v) is 19.1. The summed E-state index contributed by atoms with van der Waals surface area (Å²) in [6, 6.07) is 10.1. The lowest BCUT2D eigenvalue weighted by molar-refractivity contribution is -0.141. The van der Waals surface area contributed by atoms with Gasteiger partial charge in [0.2, 0.25) is 11.8 Å². The Bertz CT molecular complexity index is 895. The van der Waals surface area contributed by atoms with Crippen LogP contribution in [0, 0.1) is 5.82 Å². The third-order valence-corrected chi connectivity index (χ3v) is 5.10. The Kier molecular flexibility index (Phi) is 8.27. The highest BCUT2D eigenvalue weighted by Gasteiger charge is 2.31. The van der Waals surface area contributed by atoms with Gasteiger partial charge in [-0.3, -0.25) is 9.59 Å². The molecule has 1 atom stereocenters. The maximum atomic E-state index is 13.2. The van der Waals surface area contributed by atoms with Crippen LogP contribution >= 0.6 is 23.2 Å². The van der Waals surface area contributed by atoms with E-state index < -0.39 is 11.6 Å². The molecule has 0 unspecified atom stereocenters. The molecule has 0 heterocycles. The van der Waals surface area contributed by atoms with E-state index in [1.165, 1.54) is 17.0 Å². The number of hydrogen-bond donors (Lipinski definition) is 1. The van der Waals surface area contributed by atoms with Crippen molar-refractivity contribution in [3.05, 3.63) is 69.5 Å². The minimum Gasteiger partial charge on any atom is -0.350 e. The molecule has 0 bridgehead atoms. The SMILES string of the molecule is CC[C@H](C(=O)NC(C)(C)C)N(Cc1ccc(Cl)cc1Cl)C(=O)Cc1ccc(F)cc1. The van der Waals surface area contributed by atoms with Crippen LogP contribution in [0.2, 0.25) is 10.0 Å². The van der Waals surface area contributed by atoms with Gasteiger partial charge >= 0.3 is 0 Å². The summed E-state index contributed by atoms with van der Waals surface area (Å²) in [4.78, 5) is 27.7. The highest BCUT2D eigenvalue weighted by molar-refractivity contribution is 6.35. The summed E-state index contributed by atoms with van der Waals surface area (Å²) in [6.45, 7) is 7.68. The Morgan fingerprint density at radius 2 is 1.73 bits per heavy atom. The minimum atomic E-state index is -0.677. The zero-order valence-electron chi connectivity index (χ0n) is 17.6. The Morgan fingerprint density at radius 3 is 2.27 bits per heavy atom. The fourth-order valence-electron chi connectivity index (χ4n) is 3.08. The Morgan fingerprint density at radius 1 is 1.10 bits per heavy atom. The van der Waals surface area contributed by atoms with Gasteiger partial charge in [-0.15, -0.1) is 0 Å². The fraction of sp³-hybridized carbons (Fsp3) is 0.391. The van der Waals surface area contributed by atoms with E-state index in [9.17, 15) is 14.0 Å². The molecular formula is C23H27Cl2FN2O2. The monoisotopic (exact) mass is 452 g/mol. The summed E-state index contributed by atoms with van der Waals surface area (Å²) >= 11 is 12.3. The highest BCUT2D eigenvalue weighted by Crippen LogP contribution is 2.24. The fourth-order valence-corrected chi connectivity index (χ4v) is 3.55. The van der Waals surface area contributed by atoms with Gasteiger partial charge in [-0.25, -0.2) is 4.39 Å². The molecule has 0 radical (unpaired) electrons. The van der Waals surface area contributed by atoms with Gasteiger partial charge in [-0.1, -0.05) is 48.3 Å². The number of nitrogens with one attached hydrogen (secondary N) is 1. The van der Waals surface area contributed by atoms with Gasteiger partial charge in [-0.2, -0.15) is 0 Å². The number of hydrogen-bond acceptors (Lipinski definition) is 2. The van der Waals surface area contributed by atoms with Crippen LogP contribution in [0.3, 0.4) is 0 Å².